The lowest BCUT2D eigenvalue weighted by Crippen LogP contribution is -2.11. The van der Waals surface area contributed by atoms with E-state index < -0.39 is 0 Å². The van der Waals surface area contributed by atoms with E-state index in [9.17, 15) is 0 Å². The topological polar surface area (TPSA) is 71.9 Å². The molecule has 4 nitrogen and oxygen atoms in total. The maximum absolute atomic E-state index is 8.83. The summed E-state index contributed by atoms with van der Waals surface area (Å²) in [5.74, 6) is 5.29. The summed E-state index contributed by atoms with van der Waals surface area (Å²) < 4.78 is 0. The van der Waals surface area contributed by atoms with Crippen LogP contribution >= 0.6 is 0 Å². The number of hydrogen-bond acceptors (Lipinski definition) is 4. The van der Waals surface area contributed by atoms with E-state index in [0.29, 0.717) is 5.56 Å². The molecule has 0 aromatic carbocycles. The summed E-state index contributed by atoms with van der Waals surface area (Å²) in [7, 11) is 0. The molecule has 0 unspecified atom stereocenters. The molecule has 72 valence electrons. The van der Waals surface area contributed by atoms with Crippen molar-refractivity contribution in [1.82, 2.24) is 4.98 Å². The third kappa shape index (κ3) is 1.42. The zero-order chi connectivity index (χ0) is 9.97. The van der Waals surface area contributed by atoms with Crippen LogP contribution in [0, 0.1) is 11.3 Å². The van der Waals surface area contributed by atoms with Gasteiger partial charge in [-0.05, 0) is 37.3 Å². The van der Waals surface area contributed by atoms with Crippen LogP contribution in [0.4, 0.5) is 0 Å². The second kappa shape index (κ2) is 3.64. The molecule has 1 aliphatic carbocycles. The normalized spacial score (nSPS) is 14.3. The first-order valence-corrected chi connectivity index (χ1v) is 4.65. The molecule has 2 rings (SSSR count). The van der Waals surface area contributed by atoms with Crippen molar-refractivity contribution in [2.24, 2.45) is 5.90 Å². The van der Waals surface area contributed by atoms with Crippen molar-refractivity contribution in [3.05, 3.63) is 22.9 Å². The van der Waals surface area contributed by atoms with Gasteiger partial charge in [-0.2, -0.15) is 11.2 Å². The molecule has 14 heavy (non-hydrogen) atoms. The Morgan fingerprint density at radius 2 is 2.21 bits per heavy atom. The molecule has 0 bridgehead atoms. The van der Waals surface area contributed by atoms with Crippen LogP contribution in [0.2, 0.25) is 0 Å². The Hall–Kier alpha value is -1.60. The Morgan fingerprint density at radius 1 is 1.43 bits per heavy atom. The van der Waals surface area contributed by atoms with Gasteiger partial charge in [0.1, 0.15) is 11.6 Å². The minimum atomic E-state index is 0.244. The van der Waals surface area contributed by atoms with Gasteiger partial charge in [-0.3, -0.25) is 0 Å². The van der Waals surface area contributed by atoms with E-state index in [1.165, 1.54) is 6.42 Å². The first kappa shape index (κ1) is 8.97. The predicted molar refractivity (Wildman–Crippen MR) is 50.4 cm³/mol. The van der Waals surface area contributed by atoms with Crippen LogP contribution in [0.5, 0.6) is 5.88 Å². The van der Waals surface area contributed by atoms with Crippen LogP contribution in [-0.4, -0.2) is 4.98 Å². The molecule has 2 N–H and O–H groups in total. The smallest absolute Gasteiger partial charge is 0.255 e. The van der Waals surface area contributed by atoms with Gasteiger partial charge >= 0.3 is 0 Å². The predicted octanol–water partition coefficient (Wildman–Crippen LogP) is 1.08. The molecule has 1 heterocycles. The molecule has 0 spiro atoms. The third-order valence-electron chi connectivity index (χ3n) is 2.50. The fraction of sp³-hybridized carbons (Fsp3) is 0.400. The largest absolute Gasteiger partial charge is 0.390 e. The second-order valence-corrected chi connectivity index (χ2v) is 3.38. The minimum absolute atomic E-state index is 0.244. The van der Waals surface area contributed by atoms with Crippen molar-refractivity contribution in [2.75, 3.05) is 0 Å². The van der Waals surface area contributed by atoms with Crippen molar-refractivity contribution >= 4 is 0 Å². The standard InChI is InChI=1S/C10H11N3O/c11-6-8-5-7-3-1-2-4-9(7)13-10(8)14-12/h5H,1-4,12H2. The fourth-order valence-corrected chi connectivity index (χ4v) is 1.78. The Bertz CT molecular complexity index is 395. The van der Waals surface area contributed by atoms with Crippen molar-refractivity contribution in [3.8, 4) is 11.9 Å². The summed E-state index contributed by atoms with van der Waals surface area (Å²) in [5.41, 5.74) is 2.61. The quantitative estimate of drug-likeness (QED) is 0.671. The number of nitrogens with zero attached hydrogens (tertiary/aromatic N) is 2. The van der Waals surface area contributed by atoms with Crippen LogP contribution in [0.1, 0.15) is 29.7 Å². The SMILES string of the molecule is N#Cc1cc2c(nc1ON)CCCC2. The highest BCUT2D eigenvalue weighted by atomic mass is 16.6. The second-order valence-electron chi connectivity index (χ2n) is 3.38. The van der Waals surface area contributed by atoms with Gasteiger partial charge < -0.3 is 4.84 Å². The molecule has 0 atom stereocenters. The number of rotatable bonds is 1. The van der Waals surface area contributed by atoms with Crippen LogP contribution in [0.25, 0.3) is 0 Å². The van der Waals surface area contributed by atoms with E-state index in [-0.39, 0.29) is 5.88 Å². The van der Waals surface area contributed by atoms with Gasteiger partial charge in [0.2, 0.25) is 0 Å². The summed E-state index contributed by atoms with van der Waals surface area (Å²) in [6.45, 7) is 0. The van der Waals surface area contributed by atoms with Crippen molar-refractivity contribution in [1.29, 1.82) is 5.26 Å². The van der Waals surface area contributed by atoms with Gasteiger partial charge in [-0.15, -0.1) is 0 Å². The van der Waals surface area contributed by atoms with E-state index in [4.69, 9.17) is 11.2 Å². The summed E-state index contributed by atoms with van der Waals surface area (Å²) in [6, 6.07) is 3.87. The molecule has 0 aliphatic heterocycles. The van der Waals surface area contributed by atoms with E-state index in [1.54, 1.807) is 0 Å². The number of aryl methyl sites for hydroxylation is 2. The number of aromatic nitrogens is 1. The zero-order valence-corrected chi connectivity index (χ0v) is 7.79. The third-order valence-corrected chi connectivity index (χ3v) is 2.50. The minimum Gasteiger partial charge on any atom is -0.390 e. The van der Waals surface area contributed by atoms with E-state index >= 15 is 0 Å². The lowest BCUT2D eigenvalue weighted by Gasteiger charge is -2.15. The summed E-state index contributed by atoms with van der Waals surface area (Å²) >= 11 is 0. The number of nitriles is 1. The number of hydrogen-bond donors (Lipinski definition) is 1. The average Bonchev–Trinajstić information content (AvgIpc) is 2.27. The van der Waals surface area contributed by atoms with Crippen LogP contribution < -0.4 is 10.7 Å². The molecule has 1 aromatic heterocycles. The first-order chi connectivity index (χ1) is 6.85. The van der Waals surface area contributed by atoms with Gasteiger partial charge in [0.05, 0.1) is 0 Å². The van der Waals surface area contributed by atoms with Crippen molar-refractivity contribution < 1.29 is 4.84 Å². The van der Waals surface area contributed by atoms with Crippen molar-refractivity contribution in [3.63, 3.8) is 0 Å². The van der Waals surface area contributed by atoms with Crippen LogP contribution in [-0.2, 0) is 12.8 Å². The molecule has 4 heteroatoms. The number of nitrogens with two attached hydrogens (primary N) is 1. The molecular weight excluding hydrogens is 178 g/mol. The summed E-state index contributed by atoms with van der Waals surface area (Å²) in [6.07, 6.45) is 4.28. The number of fused-ring (bicyclic) bond motifs is 1. The Labute approximate surface area is 82.3 Å². The first-order valence-electron chi connectivity index (χ1n) is 4.65. The van der Waals surface area contributed by atoms with Crippen LogP contribution in [0.15, 0.2) is 6.07 Å². The van der Waals surface area contributed by atoms with E-state index in [2.05, 4.69) is 9.82 Å². The molecular formula is C10H11N3O. The molecule has 0 fully saturated rings. The lowest BCUT2D eigenvalue weighted by molar-refractivity contribution is 0.318. The van der Waals surface area contributed by atoms with Gasteiger partial charge in [-0.1, -0.05) is 0 Å². The zero-order valence-electron chi connectivity index (χ0n) is 7.79. The highest BCUT2D eigenvalue weighted by molar-refractivity contribution is 5.43. The molecule has 1 aliphatic rings. The monoisotopic (exact) mass is 189 g/mol. The maximum atomic E-state index is 8.83. The highest BCUT2D eigenvalue weighted by Crippen LogP contribution is 2.24. The van der Waals surface area contributed by atoms with Gasteiger partial charge in [0.25, 0.3) is 5.88 Å². The number of pyridine rings is 1. The molecule has 0 radical (unpaired) electrons. The highest BCUT2D eigenvalue weighted by Gasteiger charge is 2.15. The van der Waals surface area contributed by atoms with E-state index in [0.717, 1.165) is 30.5 Å². The Morgan fingerprint density at radius 3 is 2.93 bits per heavy atom. The van der Waals surface area contributed by atoms with E-state index in [1.807, 2.05) is 12.1 Å². The Kier molecular flexibility index (Phi) is 2.33. The summed E-state index contributed by atoms with van der Waals surface area (Å²) in [4.78, 5) is 8.80. The summed E-state index contributed by atoms with van der Waals surface area (Å²) in [5, 5.41) is 8.83. The van der Waals surface area contributed by atoms with Crippen LogP contribution in [0.3, 0.4) is 0 Å². The average molecular weight is 189 g/mol. The lowest BCUT2D eigenvalue weighted by atomic mass is 9.95. The molecule has 1 aromatic rings. The van der Waals surface area contributed by atoms with Gasteiger partial charge in [0.15, 0.2) is 0 Å². The molecule has 0 amide bonds. The molecule has 0 saturated carbocycles. The van der Waals surface area contributed by atoms with Gasteiger partial charge in [0, 0.05) is 5.69 Å². The molecule has 0 saturated heterocycles. The Balaban J connectivity index is 2.50. The fourth-order valence-electron chi connectivity index (χ4n) is 1.78. The maximum Gasteiger partial charge on any atom is 0.255 e. The van der Waals surface area contributed by atoms with Gasteiger partial charge in [-0.25, -0.2) is 4.98 Å². The van der Waals surface area contributed by atoms with Crippen molar-refractivity contribution in [2.45, 2.75) is 25.7 Å².